The minimum Gasteiger partial charge on any atom is -0.491 e. The summed E-state index contributed by atoms with van der Waals surface area (Å²) in [6.45, 7) is 6.52. The lowest BCUT2D eigenvalue weighted by Crippen LogP contribution is -2.43. The number of hydrogen-bond donors (Lipinski definition) is 2. The highest BCUT2D eigenvalue weighted by molar-refractivity contribution is 5.48. The van der Waals surface area contributed by atoms with Gasteiger partial charge < -0.3 is 34.3 Å². The van der Waals surface area contributed by atoms with Crippen molar-refractivity contribution in [2.45, 2.75) is 38.3 Å². The molecular formula is C23H35N3O6. The SMILES string of the molecule is CCCOCCOc1ccc(OCC(O)CNCCN(C=O)C2CCOCC2)c(C#N)c1. The molecule has 1 aliphatic heterocycles. The van der Waals surface area contributed by atoms with Crippen LogP contribution in [0.5, 0.6) is 11.5 Å². The van der Waals surface area contributed by atoms with Gasteiger partial charge in [-0.2, -0.15) is 5.26 Å². The molecule has 9 heteroatoms. The number of rotatable bonds is 16. The van der Waals surface area contributed by atoms with Gasteiger partial charge in [0.15, 0.2) is 0 Å². The summed E-state index contributed by atoms with van der Waals surface area (Å²) in [7, 11) is 0. The van der Waals surface area contributed by atoms with Crippen molar-refractivity contribution in [3.8, 4) is 17.6 Å². The topological polar surface area (TPSA) is 113 Å². The number of ether oxygens (including phenoxy) is 4. The number of nitriles is 1. The van der Waals surface area contributed by atoms with Gasteiger partial charge in [-0.1, -0.05) is 6.92 Å². The molecule has 0 aromatic heterocycles. The van der Waals surface area contributed by atoms with Crippen LogP contribution in [0.3, 0.4) is 0 Å². The van der Waals surface area contributed by atoms with Gasteiger partial charge >= 0.3 is 0 Å². The van der Waals surface area contributed by atoms with Crippen molar-refractivity contribution in [3.05, 3.63) is 23.8 Å². The molecule has 0 saturated carbocycles. The van der Waals surface area contributed by atoms with E-state index >= 15 is 0 Å². The number of aliphatic hydroxyl groups excluding tert-OH is 1. The lowest BCUT2D eigenvalue weighted by Gasteiger charge is -2.31. The third-order valence-corrected chi connectivity index (χ3v) is 5.07. The molecule has 1 fully saturated rings. The fourth-order valence-electron chi connectivity index (χ4n) is 3.34. The van der Waals surface area contributed by atoms with E-state index in [9.17, 15) is 15.2 Å². The Kier molecular flexibility index (Phi) is 12.5. The largest absolute Gasteiger partial charge is 0.491 e. The molecule has 178 valence electrons. The number of carbonyl (C=O) groups is 1. The highest BCUT2D eigenvalue weighted by Gasteiger charge is 2.19. The van der Waals surface area contributed by atoms with Crippen molar-refractivity contribution >= 4 is 6.41 Å². The predicted octanol–water partition coefficient (Wildman–Crippen LogP) is 1.33. The molecule has 0 radical (unpaired) electrons. The fraction of sp³-hybridized carbons (Fsp3) is 0.652. The van der Waals surface area contributed by atoms with Crippen molar-refractivity contribution in [2.75, 3.05) is 59.3 Å². The molecule has 2 rings (SSSR count). The van der Waals surface area contributed by atoms with Gasteiger partial charge in [-0.25, -0.2) is 0 Å². The molecule has 0 aliphatic carbocycles. The van der Waals surface area contributed by atoms with E-state index in [1.54, 1.807) is 23.1 Å². The molecule has 0 spiro atoms. The Balaban J connectivity index is 1.67. The Hall–Kier alpha value is -2.38. The molecule has 1 unspecified atom stereocenters. The number of benzene rings is 1. The maximum Gasteiger partial charge on any atom is 0.210 e. The van der Waals surface area contributed by atoms with E-state index in [-0.39, 0.29) is 12.6 Å². The Morgan fingerprint density at radius 2 is 2.12 bits per heavy atom. The molecule has 1 amide bonds. The maximum absolute atomic E-state index is 11.3. The number of nitrogens with one attached hydrogen (secondary N) is 1. The molecule has 1 aromatic carbocycles. The third kappa shape index (κ3) is 9.40. The summed E-state index contributed by atoms with van der Waals surface area (Å²) in [4.78, 5) is 13.1. The van der Waals surface area contributed by atoms with Crippen LogP contribution in [0.4, 0.5) is 0 Å². The Morgan fingerprint density at radius 3 is 2.84 bits per heavy atom. The number of hydrogen-bond acceptors (Lipinski definition) is 8. The Morgan fingerprint density at radius 1 is 1.31 bits per heavy atom. The Bertz CT molecular complexity index is 705. The molecular weight excluding hydrogens is 414 g/mol. The van der Waals surface area contributed by atoms with Gasteiger partial charge in [0.1, 0.15) is 36.9 Å². The monoisotopic (exact) mass is 449 g/mol. The minimum atomic E-state index is -0.749. The van der Waals surface area contributed by atoms with Gasteiger partial charge in [0.2, 0.25) is 6.41 Å². The van der Waals surface area contributed by atoms with Crippen molar-refractivity contribution in [3.63, 3.8) is 0 Å². The van der Waals surface area contributed by atoms with Crippen LogP contribution in [0.1, 0.15) is 31.7 Å². The van der Waals surface area contributed by atoms with E-state index in [2.05, 4.69) is 11.4 Å². The first-order valence-corrected chi connectivity index (χ1v) is 11.2. The van der Waals surface area contributed by atoms with Crippen molar-refractivity contribution < 1.29 is 28.8 Å². The summed E-state index contributed by atoms with van der Waals surface area (Å²) in [5.41, 5.74) is 0.343. The summed E-state index contributed by atoms with van der Waals surface area (Å²) in [6.07, 6.45) is 2.80. The van der Waals surface area contributed by atoms with E-state index in [1.807, 2.05) is 6.92 Å². The van der Waals surface area contributed by atoms with Gasteiger partial charge in [0.05, 0.1) is 12.2 Å². The van der Waals surface area contributed by atoms with Gasteiger partial charge in [-0.05, 0) is 31.4 Å². The fourth-order valence-corrected chi connectivity index (χ4v) is 3.34. The molecule has 2 N–H and O–H groups in total. The zero-order chi connectivity index (χ0) is 23.0. The van der Waals surface area contributed by atoms with Crippen molar-refractivity contribution in [2.24, 2.45) is 0 Å². The summed E-state index contributed by atoms with van der Waals surface area (Å²) < 4.78 is 21.9. The van der Waals surface area contributed by atoms with Gasteiger partial charge in [0, 0.05) is 51.6 Å². The van der Waals surface area contributed by atoms with Crippen LogP contribution in [0.2, 0.25) is 0 Å². The molecule has 1 atom stereocenters. The number of nitrogens with zero attached hydrogens (tertiary/aromatic N) is 2. The summed E-state index contributed by atoms with van der Waals surface area (Å²) in [5.74, 6) is 0.966. The summed E-state index contributed by atoms with van der Waals surface area (Å²) >= 11 is 0. The zero-order valence-corrected chi connectivity index (χ0v) is 18.8. The minimum absolute atomic E-state index is 0.0457. The van der Waals surface area contributed by atoms with E-state index in [0.29, 0.717) is 69.7 Å². The smallest absolute Gasteiger partial charge is 0.210 e. The quantitative estimate of drug-likeness (QED) is 0.287. The lowest BCUT2D eigenvalue weighted by atomic mass is 10.1. The normalized spacial score (nSPS) is 15.0. The molecule has 1 heterocycles. The lowest BCUT2D eigenvalue weighted by molar-refractivity contribution is -0.121. The third-order valence-electron chi connectivity index (χ3n) is 5.07. The van der Waals surface area contributed by atoms with Gasteiger partial charge in [-0.15, -0.1) is 0 Å². The zero-order valence-electron chi connectivity index (χ0n) is 18.8. The predicted molar refractivity (Wildman–Crippen MR) is 119 cm³/mol. The summed E-state index contributed by atoms with van der Waals surface area (Å²) in [5, 5.41) is 22.7. The molecule has 32 heavy (non-hydrogen) atoms. The van der Waals surface area contributed by atoms with E-state index in [1.165, 1.54) is 0 Å². The highest BCUT2D eigenvalue weighted by atomic mass is 16.5. The average Bonchev–Trinajstić information content (AvgIpc) is 2.83. The van der Waals surface area contributed by atoms with Crippen LogP contribution >= 0.6 is 0 Å². The van der Waals surface area contributed by atoms with Crippen LogP contribution in [0.25, 0.3) is 0 Å². The van der Waals surface area contributed by atoms with E-state index in [0.717, 1.165) is 25.7 Å². The van der Waals surface area contributed by atoms with E-state index < -0.39 is 6.10 Å². The highest BCUT2D eigenvalue weighted by Crippen LogP contribution is 2.23. The molecule has 1 aromatic rings. The van der Waals surface area contributed by atoms with Gasteiger partial charge in [-0.3, -0.25) is 4.79 Å². The second kappa shape index (κ2) is 15.4. The first kappa shape index (κ1) is 25.9. The van der Waals surface area contributed by atoms with Crippen molar-refractivity contribution in [1.82, 2.24) is 10.2 Å². The number of aliphatic hydroxyl groups is 1. The average molecular weight is 450 g/mol. The number of carbonyl (C=O) groups excluding carboxylic acids is 1. The van der Waals surface area contributed by atoms with Crippen LogP contribution in [0.15, 0.2) is 18.2 Å². The van der Waals surface area contributed by atoms with Crippen LogP contribution in [-0.2, 0) is 14.3 Å². The van der Waals surface area contributed by atoms with Gasteiger partial charge in [0.25, 0.3) is 0 Å². The van der Waals surface area contributed by atoms with Crippen LogP contribution < -0.4 is 14.8 Å². The molecule has 1 saturated heterocycles. The second-order valence-electron chi connectivity index (χ2n) is 7.59. The van der Waals surface area contributed by atoms with E-state index in [4.69, 9.17) is 18.9 Å². The molecule has 1 aliphatic rings. The maximum atomic E-state index is 11.3. The van der Waals surface area contributed by atoms with Crippen molar-refractivity contribution in [1.29, 1.82) is 5.26 Å². The Labute approximate surface area is 190 Å². The standard InChI is InChI=1S/C23H35N3O6/c1-2-9-29-12-13-31-22-3-4-23(19(14-22)15-24)32-17-21(28)16-25-7-8-26(18-27)20-5-10-30-11-6-20/h3-4,14,18,20-21,25,28H,2,5-13,16-17H2,1H3. The first-order valence-electron chi connectivity index (χ1n) is 11.2. The second-order valence-corrected chi connectivity index (χ2v) is 7.59. The van der Waals surface area contributed by atoms with Crippen LogP contribution in [0, 0.1) is 11.3 Å². The summed E-state index contributed by atoms with van der Waals surface area (Å²) in [6, 6.07) is 7.32. The molecule has 0 bridgehead atoms. The van der Waals surface area contributed by atoms with Crippen LogP contribution in [-0.4, -0.2) is 87.8 Å². The first-order chi connectivity index (χ1) is 15.7. The molecule has 9 nitrogen and oxygen atoms in total. The number of amides is 1.